The van der Waals surface area contributed by atoms with Gasteiger partial charge in [-0.05, 0) is 60.4 Å². The molecule has 3 N–H and O–H groups in total. The molecule has 0 bridgehead atoms. The second kappa shape index (κ2) is 8.67. The number of benzene rings is 2. The number of aromatic amines is 1. The summed E-state index contributed by atoms with van der Waals surface area (Å²) in [6.45, 7) is 2.47. The van der Waals surface area contributed by atoms with Gasteiger partial charge in [0.25, 0.3) is 5.56 Å². The fourth-order valence-corrected chi connectivity index (χ4v) is 5.24. The summed E-state index contributed by atoms with van der Waals surface area (Å²) < 4.78 is 27.1. The van der Waals surface area contributed by atoms with Crippen molar-refractivity contribution < 1.29 is 8.42 Å². The standard InChI is InChI=1S/C25H24ClN5O3S/c1-15-29-23-17(7-9-35(27,33)34)11-18(21-14-30(2)25(32)24-20(21)6-8-28-24)12-22(23)31(15)13-16-4-3-5-19(26)10-16/h3-6,8,10-12,14,28H,7,9,13H2,1-2H3,(H2,27,33,34). The number of rotatable bonds is 6. The first-order valence-corrected chi connectivity index (χ1v) is 13.1. The fourth-order valence-electron chi connectivity index (χ4n) is 4.52. The average molecular weight is 510 g/mol. The summed E-state index contributed by atoms with van der Waals surface area (Å²) in [6, 6.07) is 13.5. The number of imidazole rings is 1. The van der Waals surface area contributed by atoms with Crippen molar-refractivity contribution in [3.05, 3.63) is 87.2 Å². The first kappa shape index (κ1) is 23.3. The van der Waals surface area contributed by atoms with E-state index in [1.807, 2.05) is 49.4 Å². The van der Waals surface area contributed by atoms with E-state index < -0.39 is 10.0 Å². The molecule has 35 heavy (non-hydrogen) atoms. The van der Waals surface area contributed by atoms with Crippen LogP contribution in [0.25, 0.3) is 33.1 Å². The number of nitrogens with zero attached hydrogens (tertiary/aromatic N) is 3. The molecule has 0 saturated heterocycles. The van der Waals surface area contributed by atoms with Gasteiger partial charge in [-0.1, -0.05) is 23.7 Å². The van der Waals surface area contributed by atoms with Crippen molar-refractivity contribution in [1.29, 1.82) is 0 Å². The Morgan fingerprint density at radius 3 is 2.71 bits per heavy atom. The van der Waals surface area contributed by atoms with Gasteiger partial charge in [0.05, 0.1) is 16.8 Å². The Bertz CT molecular complexity index is 1770. The maximum absolute atomic E-state index is 12.6. The molecule has 3 heterocycles. The molecule has 180 valence electrons. The summed E-state index contributed by atoms with van der Waals surface area (Å²) >= 11 is 6.21. The third kappa shape index (κ3) is 4.50. The Hall–Kier alpha value is -3.40. The first-order chi connectivity index (χ1) is 16.6. The average Bonchev–Trinajstić information content (AvgIpc) is 3.40. The second-order valence-electron chi connectivity index (χ2n) is 8.72. The number of nitrogens with one attached hydrogen (secondary N) is 1. The molecule has 3 aromatic heterocycles. The number of fused-ring (bicyclic) bond motifs is 2. The van der Waals surface area contributed by atoms with Crippen molar-refractivity contribution in [2.45, 2.75) is 19.9 Å². The van der Waals surface area contributed by atoms with Gasteiger partial charge in [0.1, 0.15) is 11.3 Å². The molecular weight excluding hydrogens is 486 g/mol. The molecule has 0 atom stereocenters. The highest BCUT2D eigenvalue weighted by Gasteiger charge is 2.18. The van der Waals surface area contributed by atoms with Gasteiger partial charge < -0.3 is 14.1 Å². The van der Waals surface area contributed by atoms with Crippen molar-refractivity contribution in [1.82, 2.24) is 19.1 Å². The van der Waals surface area contributed by atoms with Crippen LogP contribution in [0.5, 0.6) is 0 Å². The molecule has 0 aliphatic rings. The van der Waals surface area contributed by atoms with E-state index in [0.717, 1.165) is 44.5 Å². The Morgan fingerprint density at radius 2 is 1.97 bits per heavy atom. The lowest BCUT2D eigenvalue weighted by Crippen LogP contribution is -2.18. The van der Waals surface area contributed by atoms with E-state index in [1.54, 1.807) is 19.4 Å². The Balaban J connectivity index is 1.75. The molecule has 8 nitrogen and oxygen atoms in total. The molecule has 5 rings (SSSR count). The van der Waals surface area contributed by atoms with E-state index in [9.17, 15) is 13.2 Å². The monoisotopic (exact) mass is 509 g/mol. The Kier molecular flexibility index (Phi) is 5.79. The Labute approximate surface area is 207 Å². The zero-order valence-electron chi connectivity index (χ0n) is 19.2. The molecule has 0 aliphatic heterocycles. The number of primary sulfonamides is 1. The van der Waals surface area contributed by atoms with E-state index in [-0.39, 0.29) is 17.7 Å². The first-order valence-electron chi connectivity index (χ1n) is 11.0. The molecule has 0 amide bonds. The summed E-state index contributed by atoms with van der Waals surface area (Å²) in [5.74, 6) is 0.597. The predicted molar refractivity (Wildman–Crippen MR) is 139 cm³/mol. The zero-order chi connectivity index (χ0) is 24.9. The van der Waals surface area contributed by atoms with Gasteiger partial charge in [-0.15, -0.1) is 0 Å². The maximum Gasteiger partial charge on any atom is 0.274 e. The SMILES string of the molecule is Cc1nc2c(CCS(N)(=O)=O)cc(-c3cn(C)c(=O)c4[nH]ccc34)cc2n1Cc1cccc(Cl)c1. The van der Waals surface area contributed by atoms with Crippen LogP contribution in [0, 0.1) is 6.92 Å². The van der Waals surface area contributed by atoms with Crippen LogP contribution in [0.4, 0.5) is 0 Å². The van der Waals surface area contributed by atoms with Crippen LogP contribution in [0.2, 0.25) is 5.02 Å². The van der Waals surface area contributed by atoms with E-state index in [0.29, 0.717) is 17.1 Å². The van der Waals surface area contributed by atoms with E-state index >= 15 is 0 Å². The molecule has 10 heteroatoms. The molecular formula is C25H24ClN5O3S. The van der Waals surface area contributed by atoms with Crippen LogP contribution in [-0.4, -0.2) is 33.3 Å². The van der Waals surface area contributed by atoms with Gasteiger partial charge in [0, 0.05) is 42.0 Å². The van der Waals surface area contributed by atoms with Crippen LogP contribution >= 0.6 is 11.6 Å². The number of sulfonamides is 1. The lowest BCUT2D eigenvalue weighted by Gasteiger charge is -2.12. The highest BCUT2D eigenvalue weighted by molar-refractivity contribution is 7.89. The highest BCUT2D eigenvalue weighted by Crippen LogP contribution is 2.32. The zero-order valence-corrected chi connectivity index (χ0v) is 20.8. The third-order valence-corrected chi connectivity index (χ3v) is 7.22. The molecule has 0 spiro atoms. The fraction of sp³-hybridized carbons (Fsp3) is 0.200. The molecule has 0 fully saturated rings. The topological polar surface area (TPSA) is 116 Å². The number of hydrogen-bond donors (Lipinski definition) is 2. The summed E-state index contributed by atoms with van der Waals surface area (Å²) in [4.78, 5) is 20.4. The molecule has 0 aliphatic carbocycles. The van der Waals surface area contributed by atoms with E-state index in [1.165, 1.54) is 4.57 Å². The van der Waals surface area contributed by atoms with Crippen molar-refractivity contribution >= 4 is 43.6 Å². The number of hydrogen-bond acceptors (Lipinski definition) is 4. The second-order valence-corrected chi connectivity index (χ2v) is 10.9. The third-order valence-electron chi connectivity index (χ3n) is 6.21. The minimum atomic E-state index is -3.66. The van der Waals surface area contributed by atoms with E-state index in [4.69, 9.17) is 21.7 Å². The number of H-pyrrole nitrogens is 1. The van der Waals surface area contributed by atoms with Crippen molar-refractivity contribution in [3.8, 4) is 11.1 Å². The lowest BCUT2D eigenvalue weighted by atomic mass is 9.99. The van der Waals surface area contributed by atoms with Crippen molar-refractivity contribution in [3.63, 3.8) is 0 Å². The maximum atomic E-state index is 12.6. The van der Waals surface area contributed by atoms with Gasteiger partial charge >= 0.3 is 0 Å². The number of aromatic nitrogens is 4. The summed E-state index contributed by atoms with van der Waals surface area (Å²) in [5.41, 5.74) is 5.49. The number of aryl methyl sites for hydroxylation is 3. The van der Waals surface area contributed by atoms with Crippen molar-refractivity contribution in [2.24, 2.45) is 12.2 Å². The minimum absolute atomic E-state index is 0.119. The predicted octanol–water partition coefficient (Wildman–Crippen LogP) is 3.72. The van der Waals surface area contributed by atoms with Gasteiger partial charge in [-0.3, -0.25) is 4.79 Å². The van der Waals surface area contributed by atoms with E-state index in [2.05, 4.69) is 9.55 Å². The molecule has 2 aromatic carbocycles. The quantitative estimate of drug-likeness (QED) is 0.363. The number of nitrogens with two attached hydrogens (primary N) is 1. The highest BCUT2D eigenvalue weighted by atomic mass is 35.5. The van der Waals surface area contributed by atoms with Gasteiger partial charge in [0.15, 0.2) is 0 Å². The summed E-state index contributed by atoms with van der Waals surface area (Å²) in [7, 11) is -1.95. The minimum Gasteiger partial charge on any atom is -0.357 e. The van der Waals surface area contributed by atoms with Crippen LogP contribution in [0.15, 0.2) is 59.7 Å². The summed E-state index contributed by atoms with van der Waals surface area (Å²) in [5, 5.41) is 6.76. The summed E-state index contributed by atoms with van der Waals surface area (Å²) in [6.07, 6.45) is 3.76. The largest absolute Gasteiger partial charge is 0.357 e. The van der Waals surface area contributed by atoms with Gasteiger partial charge in [0.2, 0.25) is 10.0 Å². The molecule has 0 saturated carbocycles. The van der Waals surface area contributed by atoms with Crippen LogP contribution in [0.1, 0.15) is 17.0 Å². The number of halogens is 1. The van der Waals surface area contributed by atoms with Crippen LogP contribution in [0.3, 0.4) is 0 Å². The van der Waals surface area contributed by atoms with Gasteiger partial charge in [-0.25, -0.2) is 18.5 Å². The molecule has 0 radical (unpaired) electrons. The smallest absolute Gasteiger partial charge is 0.274 e. The van der Waals surface area contributed by atoms with Crippen LogP contribution < -0.4 is 10.7 Å². The van der Waals surface area contributed by atoms with Crippen molar-refractivity contribution in [2.75, 3.05) is 5.75 Å². The number of pyridine rings is 1. The molecule has 5 aromatic rings. The molecule has 0 unspecified atom stereocenters. The Morgan fingerprint density at radius 1 is 1.17 bits per heavy atom. The van der Waals surface area contributed by atoms with Crippen LogP contribution in [-0.2, 0) is 30.0 Å². The lowest BCUT2D eigenvalue weighted by molar-refractivity contribution is 0.597. The van der Waals surface area contributed by atoms with Gasteiger partial charge in [-0.2, -0.15) is 0 Å². The normalized spacial score (nSPS) is 12.1.